The highest BCUT2D eigenvalue weighted by atomic mass is 32.2. The van der Waals surface area contributed by atoms with Crippen LogP contribution in [0.4, 0.5) is 0 Å². The lowest BCUT2D eigenvalue weighted by atomic mass is 10.1. The molecule has 0 saturated carbocycles. The number of carbonyl (C=O) groups excluding carboxylic acids is 1. The van der Waals surface area contributed by atoms with Gasteiger partial charge in [0, 0.05) is 18.9 Å². The summed E-state index contributed by atoms with van der Waals surface area (Å²) in [6, 6.07) is 0. The van der Waals surface area contributed by atoms with E-state index in [1.807, 2.05) is 0 Å². The molecule has 1 amide bonds. The van der Waals surface area contributed by atoms with Gasteiger partial charge in [0.25, 0.3) is 10.1 Å². The van der Waals surface area contributed by atoms with Gasteiger partial charge in [-0.25, -0.2) is 0 Å². The summed E-state index contributed by atoms with van der Waals surface area (Å²) >= 11 is 0. The molecule has 6 heteroatoms. The van der Waals surface area contributed by atoms with Crippen LogP contribution in [0.25, 0.3) is 0 Å². The molecule has 1 rings (SSSR count). The fraction of sp³-hybridized carbons (Fsp3) is 0.571. The molecule has 74 valence electrons. The summed E-state index contributed by atoms with van der Waals surface area (Å²) < 4.78 is 29.4. The molecule has 0 radical (unpaired) electrons. The zero-order valence-electron chi connectivity index (χ0n) is 7.01. The molecule has 1 aliphatic heterocycles. The first kappa shape index (κ1) is 10.2. The van der Waals surface area contributed by atoms with Gasteiger partial charge >= 0.3 is 0 Å². The number of nitrogens with zero attached hydrogens (tertiary/aromatic N) is 1. The van der Waals surface area contributed by atoms with Crippen molar-refractivity contribution in [3.63, 3.8) is 0 Å². The average Bonchev–Trinajstić information content (AvgIpc) is 2.29. The first-order valence-corrected chi connectivity index (χ1v) is 5.39. The minimum Gasteiger partial charge on any atom is -0.325 e. The number of rotatable bonds is 3. The van der Waals surface area contributed by atoms with Crippen LogP contribution in [-0.4, -0.2) is 36.2 Å². The molecule has 13 heavy (non-hydrogen) atoms. The van der Waals surface area contributed by atoms with E-state index in [1.165, 1.54) is 0 Å². The van der Waals surface area contributed by atoms with E-state index in [2.05, 4.69) is 6.58 Å². The SMILES string of the molecule is C=CC1CC(=O)N(CS(=O)(=O)O)C1. The molecule has 1 unspecified atom stereocenters. The van der Waals surface area contributed by atoms with E-state index in [4.69, 9.17) is 4.55 Å². The van der Waals surface area contributed by atoms with Crippen molar-refractivity contribution in [2.75, 3.05) is 12.4 Å². The molecule has 0 aliphatic carbocycles. The third kappa shape index (κ3) is 2.82. The van der Waals surface area contributed by atoms with Crippen LogP contribution in [-0.2, 0) is 14.9 Å². The number of hydrogen-bond acceptors (Lipinski definition) is 3. The van der Waals surface area contributed by atoms with Gasteiger partial charge in [-0.15, -0.1) is 6.58 Å². The third-order valence-corrected chi connectivity index (χ3v) is 2.53. The molecule has 1 N–H and O–H groups in total. The average molecular weight is 205 g/mol. The largest absolute Gasteiger partial charge is 0.325 e. The Morgan fingerprint density at radius 1 is 1.69 bits per heavy atom. The molecule has 1 atom stereocenters. The van der Waals surface area contributed by atoms with Crippen LogP contribution < -0.4 is 0 Å². The van der Waals surface area contributed by atoms with Gasteiger partial charge in [-0.2, -0.15) is 8.42 Å². The Morgan fingerprint density at radius 3 is 2.69 bits per heavy atom. The smallest absolute Gasteiger partial charge is 0.283 e. The molecule has 1 aliphatic rings. The molecule has 0 bridgehead atoms. The predicted octanol–water partition coefficient (Wildman–Crippen LogP) is -0.134. The zero-order chi connectivity index (χ0) is 10.1. The third-order valence-electron chi connectivity index (χ3n) is 1.90. The van der Waals surface area contributed by atoms with Crippen LogP contribution in [0.3, 0.4) is 0 Å². The topological polar surface area (TPSA) is 74.7 Å². The summed E-state index contributed by atoms with van der Waals surface area (Å²) in [6.07, 6.45) is 1.89. The maximum absolute atomic E-state index is 11.1. The molecule has 0 aromatic rings. The van der Waals surface area contributed by atoms with Gasteiger partial charge in [0.2, 0.25) is 5.91 Å². The second-order valence-electron chi connectivity index (χ2n) is 3.03. The lowest BCUT2D eigenvalue weighted by Gasteiger charge is -2.12. The van der Waals surface area contributed by atoms with Crippen molar-refractivity contribution in [2.24, 2.45) is 5.92 Å². The van der Waals surface area contributed by atoms with Crippen molar-refractivity contribution in [1.29, 1.82) is 0 Å². The first-order chi connectivity index (χ1) is 5.92. The van der Waals surface area contributed by atoms with E-state index in [-0.39, 0.29) is 18.2 Å². The van der Waals surface area contributed by atoms with Gasteiger partial charge in [0.05, 0.1) is 0 Å². The Bertz CT molecular complexity index is 321. The summed E-state index contributed by atoms with van der Waals surface area (Å²) in [5.74, 6) is -0.882. The Morgan fingerprint density at radius 2 is 2.31 bits per heavy atom. The normalized spacial score (nSPS) is 23.6. The minimum absolute atomic E-state index is 0.00532. The Hall–Kier alpha value is -0.880. The molecule has 1 fully saturated rings. The molecule has 0 aromatic carbocycles. The maximum Gasteiger partial charge on any atom is 0.283 e. The summed E-state index contributed by atoms with van der Waals surface area (Å²) in [5, 5.41) is 0. The van der Waals surface area contributed by atoms with Gasteiger partial charge in [-0.05, 0) is 0 Å². The molecule has 0 aromatic heterocycles. The molecule has 1 heterocycles. The monoisotopic (exact) mass is 205 g/mol. The lowest BCUT2D eigenvalue weighted by molar-refractivity contribution is -0.127. The highest BCUT2D eigenvalue weighted by Crippen LogP contribution is 2.18. The quantitative estimate of drug-likeness (QED) is 0.514. The Labute approximate surface area is 76.8 Å². The van der Waals surface area contributed by atoms with E-state index in [9.17, 15) is 13.2 Å². The van der Waals surface area contributed by atoms with Gasteiger partial charge in [0.1, 0.15) is 5.88 Å². The van der Waals surface area contributed by atoms with Crippen molar-refractivity contribution >= 4 is 16.0 Å². The highest BCUT2D eigenvalue weighted by Gasteiger charge is 2.29. The van der Waals surface area contributed by atoms with E-state index in [0.29, 0.717) is 6.54 Å². The van der Waals surface area contributed by atoms with E-state index in [1.54, 1.807) is 6.08 Å². The standard InChI is InChI=1S/C7H11NO4S/c1-2-6-3-7(9)8(4-6)5-13(10,11)12/h2,6H,1,3-5H2,(H,10,11,12). The second kappa shape index (κ2) is 3.47. The van der Waals surface area contributed by atoms with Crippen molar-refractivity contribution < 1.29 is 17.8 Å². The van der Waals surface area contributed by atoms with Gasteiger partial charge in [0.15, 0.2) is 0 Å². The van der Waals surface area contributed by atoms with Crippen LogP contribution in [0.5, 0.6) is 0 Å². The zero-order valence-corrected chi connectivity index (χ0v) is 7.83. The van der Waals surface area contributed by atoms with Gasteiger partial charge in [-0.1, -0.05) is 6.08 Å². The molecular formula is C7H11NO4S. The van der Waals surface area contributed by atoms with E-state index < -0.39 is 16.0 Å². The van der Waals surface area contributed by atoms with E-state index in [0.717, 1.165) is 4.90 Å². The molecule has 1 saturated heterocycles. The number of likely N-dealkylation sites (tertiary alicyclic amines) is 1. The Kier molecular flexibility index (Phi) is 2.72. The predicted molar refractivity (Wildman–Crippen MR) is 46.4 cm³/mol. The van der Waals surface area contributed by atoms with Crippen LogP contribution in [0, 0.1) is 5.92 Å². The fourth-order valence-corrected chi connectivity index (χ4v) is 1.93. The number of amides is 1. The van der Waals surface area contributed by atoms with Gasteiger partial charge < -0.3 is 4.90 Å². The van der Waals surface area contributed by atoms with Crippen LogP contribution in [0.1, 0.15) is 6.42 Å². The van der Waals surface area contributed by atoms with Crippen molar-refractivity contribution in [3.05, 3.63) is 12.7 Å². The van der Waals surface area contributed by atoms with Gasteiger partial charge in [-0.3, -0.25) is 9.35 Å². The fourth-order valence-electron chi connectivity index (χ4n) is 1.28. The van der Waals surface area contributed by atoms with Crippen LogP contribution in [0.2, 0.25) is 0 Å². The number of carbonyl (C=O) groups is 1. The first-order valence-electron chi connectivity index (χ1n) is 3.78. The maximum atomic E-state index is 11.1. The summed E-state index contributed by atoms with van der Waals surface area (Å²) in [5.41, 5.74) is 0. The summed E-state index contributed by atoms with van der Waals surface area (Å²) in [4.78, 5) is 12.2. The summed E-state index contributed by atoms with van der Waals surface area (Å²) in [7, 11) is -4.10. The lowest BCUT2D eigenvalue weighted by Crippen LogP contribution is -2.30. The second-order valence-corrected chi connectivity index (χ2v) is 4.45. The Balaban J connectivity index is 2.63. The van der Waals surface area contributed by atoms with Crippen molar-refractivity contribution in [2.45, 2.75) is 6.42 Å². The molecule has 5 nitrogen and oxygen atoms in total. The van der Waals surface area contributed by atoms with Crippen molar-refractivity contribution in [3.8, 4) is 0 Å². The van der Waals surface area contributed by atoms with Crippen molar-refractivity contribution in [1.82, 2.24) is 4.90 Å². The molecular weight excluding hydrogens is 194 g/mol. The summed E-state index contributed by atoms with van der Waals surface area (Å²) in [6.45, 7) is 3.84. The molecule has 0 spiro atoms. The highest BCUT2D eigenvalue weighted by molar-refractivity contribution is 7.85. The number of hydrogen-bond donors (Lipinski definition) is 1. The minimum atomic E-state index is -4.10. The van der Waals surface area contributed by atoms with E-state index >= 15 is 0 Å². The van der Waals surface area contributed by atoms with Crippen LogP contribution >= 0.6 is 0 Å². The van der Waals surface area contributed by atoms with Crippen LogP contribution in [0.15, 0.2) is 12.7 Å².